The molecule has 0 radical (unpaired) electrons. The molecule has 2 amide bonds. The quantitative estimate of drug-likeness (QED) is 0.550. The van der Waals surface area contributed by atoms with Crippen molar-refractivity contribution < 1.29 is 14.3 Å². The number of carbonyl (C=O) groups is 2. The number of benzene rings is 2. The van der Waals surface area contributed by atoms with E-state index in [1.807, 2.05) is 49.4 Å². The molecule has 0 aliphatic rings. The maximum Gasteiger partial charge on any atom is 0.225 e. The number of ether oxygens (including phenoxy) is 1. The number of nitrogens with zero attached hydrogens (tertiary/aromatic N) is 1. The van der Waals surface area contributed by atoms with Crippen LogP contribution in [-0.2, 0) is 22.6 Å². The Labute approximate surface area is 174 Å². The number of hydrogen-bond donors (Lipinski definition) is 2. The predicted molar refractivity (Wildman–Crippen MR) is 116 cm³/mol. The molecule has 152 valence electrons. The minimum absolute atomic E-state index is 0.00315. The molecule has 0 bridgehead atoms. The molecule has 3 rings (SSSR count). The third-order valence-electron chi connectivity index (χ3n) is 4.41. The molecule has 0 aliphatic heterocycles. The number of fused-ring (bicyclic) bond motifs is 1. The number of rotatable bonds is 9. The summed E-state index contributed by atoms with van der Waals surface area (Å²) in [5.74, 6) is 0.750. The summed E-state index contributed by atoms with van der Waals surface area (Å²) in [7, 11) is 0. The second-order valence-corrected chi connectivity index (χ2v) is 7.57. The molecule has 0 unspecified atom stereocenters. The number of aromatic nitrogens is 1. The lowest BCUT2D eigenvalue weighted by molar-refractivity contribution is -0.121. The standard InChI is InChI=1S/C22H25N3O3S/c1-3-20(26)25-22-24-17-11-9-15(13-19(17)29-22)10-12-21(27)23-14-16-7-5-6-8-18(16)28-4-2/h5-9,11,13H,3-4,10,12,14H2,1-2H3,(H,23,27)(H,24,25,26). The molecule has 1 aromatic heterocycles. The van der Waals surface area contributed by atoms with Crippen LogP contribution in [0, 0.1) is 0 Å². The van der Waals surface area contributed by atoms with Crippen molar-refractivity contribution in [2.24, 2.45) is 0 Å². The number of anilines is 1. The molecular formula is C22H25N3O3S. The van der Waals surface area contributed by atoms with Gasteiger partial charge < -0.3 is 15.4 Å². The zero-order chi connectivity index (χ0) is 20.6. The van der Waals surface area contributed by atoms with E-state index in [9.17, 15) is 9.59 Å². The second kappa shape index (κ2) is 10.0. The van der Waals surface area contributed by atoms with Crippen LogP contribution in [0.15, 0.2) is 42.5 Å². The summed E-state index contributed by atoms with van der Waals surface area (Å²) < 4.78 is 6.59. The average Bonchev–Trinajstić information content (AvgIpc) is 3.13. The summed E-state index contributed by atoms with van der Waals surface area (Å²) >= 11 is 1.45. The fraction of sp³-hybridized carbons (Fsp3) is 0.318. The summed E-state index contributed by atoms with van der Waals surface area (Å²) in [4.78, 5) is 28.2. The van der Waals surface area contributed by atoms with Crippen LogP contribution in [0.5, 0.6) is 5.75 Å². The summed E-state index contributed by atoms with van der Waals surface area (Å²) in [6, 6.07) is 13.7. The Bertz CT molecular complexity index is 1000. The molecule has 0 saturated carbocycles. The van der Waals surface area contributed by atoms with E-state index >= 15 is 0 Å². The minimum atomic E-state index is -0.0492. The molecule has 0 fully saturated rings. The third kappa shape index (κ3) is 5.77. The number of para-hydroxylation sites is 1. The van der Waals surface area contributed by atoms with Crippen LogP contribution in [0.3, 0.4) is 0 Å². The van der Waals surface area contributed by atoms with E-state index in [0.29, 0.717) is 37.5 Å². The lowest BCUT2D eigenvalue weighted by Crippen LogP contribution is -2.23. The first-order valence-electron chi connectivity index (χ1n) is 9.75. The Kier molecular flexibility index (Phi) is 7.19. The third-order valence-corrected chi connectivity index (χ3v) is 5.34. The molecule has 29 heavy (non-hydrogen) atoms. The highest BCUT2D eigenvalue weighted by Gasteiger charge is 2.09. The Morgan fingerprint density at radius 1 is 1.10 bits per heavy atom. The van der Waals surface area contributed by atoms with Crippen molar-refractivity contribution in [1.29, 1.82) is 0 Å². The molecule has 0 spiro atoms. The Hall–Kier alpha value is -2.93. The molecule has 0 atom stereocenters. The van der Waals surface area contributed by atoms with Crippen molar-refractivity contribution in [3.05, 3.63) is 53.6 Å². The van der Waals surface area contributed by atoms with Gasteiger partial charge in [0.05, 0.1) is 16.8 Å². The van der Waals surface area contributed by atoms with E-state index in [4.69, 9.17) is 4.74 Å². The van der Waals surface area contributed by atoms with Gasteiger partial charge >= 0.3 is 0 Å². The molecule has 0 aliphatic carbocycles. The van der Waals surface area contributed by atoms with Crippen LogP contribution in [0.4, 0.5) is 5.13 Å². The van der Waals surface area contributed by atoms with Gasteiger partial charge in [0.2, 0.25) is 11.8 Å². The van der Waals surface area contributed by atoms with Crippen LogP contribution in [0.25, 0.3) is 10.2 Å². The lowest BCUT2D eigenvalue weighted by Gasteiger charge is -2.11. The normalized spacial score (nSPS) is 10.7. The molecular weight excluding hydrogens is 386 g/mol. The van der Waals surface area contributed by atoms with Crippen LogP contribution in [0.1, 0.15) is 37.8 Å². The van der Waals surface area contributed by atoms with Gasteiger partial charge in [-0.3, -0.25) is 9.59 Å². The molecule has 0 saturated heterocycles. The van der Waals surface area contributed by atoms with Gasteiger partial charge in [-0.05, 0) is 37.1 Å². The number of carbonyl (C=O) groups excluding carboxylic acids is 2. The van der Waals surface area contributed by atoms with Gasteiger partial charge in [-0.25, -0.2) is 4.98 Å². The summed E-state index contributed by atoms with van der Waals surface area (Å²) in [6.45, 7) is 4.79. The van der Waals surface area contributed by atoms with Gasteiger partial charge in [0, 0.05) is 24.9 Å². The molecule has 3 aromatic rings. The smallest absolute Gasteiger partial charge is 0.225 e. The summed E-state index contributed by atoms with van der Waals surface area (Å²) in [6.07, 6.45) is 1.47. The van der Waals surface area contributed by atoms with Gasteiger partial charge in [0.25, 0.3) is 0 Å². The maximum absolute atomic E-state index is 12.3. The second-order valence-electron chi connectivity index (χ2n) is 6.54. The van der Waals surface area contributed by atoms with Crippen molar-refractivity contribution >= 4 is 38.5 Å². The van der Waals surface area contributed by atoms with E-state index in [1.54, 1.807) is 6.92 Å². The number of aryl methyl sites for hydroxylation is 1. The first kappa shape index (κ1) is 20.8. The van der Waals surface area contributed by atoms with Gasteiger partial charge in [-0.2, -0.15) is 0 Å². The number of nitrogens with one attached hydrogen (secondary N) is 2. The summed E-state index contributed by atoms with van der Waals surface area (Å²) in [5.41, 5.74) is 2.89. The van der Waals surface area contributed by atoms with Gasteiger partial charge in [-0.15, -0.1) is 0 Å². The van der Waals surface area contributed by atoms with Crippen LogP contribution in [0.2, 0.25) is 0 Å². The van der Waals surface area contributed by atoms with Crippen molar-refractivity contribution in [1.82, 2.24) is 10.3 Å². The largest absolute Gasteiger partial charge is 0.494 e. The van der Waals surface area contributed by atoms with Crippen molar-refractivity contribution in [2.45, 2.75) is 39.7 Å². The first-order valence-corrected chi connectivity index (χ1v) is 10.6. The SMILES string of the molecule is CCOc1ccccc1CNC(=O)CCc1ccc2nc(NC(=O)CC)sc2c1. The molecule has 7 heteroatoms. The first-order chi connectivity index (χ1) is 14.1. The van der Waals surface area contributed by atoms with E-state index in [2.05, 4.69) is 15.6 Å². The Balaban J connectivity index is 1.54. The molecule has 1 heterocycles. The monoisotopic (exact) mass is 411 g/mol. The topological polar surface area (TPSA) is 80.3 Å². The van der Waals surface area contributed by atoms with Gasteiger partial charge in [0.15, 0.2) is 5.13 Å². The summed E-state index contributed by atoms with van der Waals surface area (Å²) in [5, 5.41) is 6.36. The van der Waals surface area contributed by atoms with E-state index in [1.165, 1.54) is 11.3 Å². The fourth-order valence-corrected chi connectivity index (χ4v) is 3.82. The number of hydrogen-bond acceptors (Lipinski definition) is 5. The minimum Gasteiger partial charge on any atom is -0.494 e. The molecule has 2 aromatic carbocycles. The van der Waals surface area contributed by atoms with Crippen LogP contribution < -0.4 is 15.4 Å². The molecule has 6 nitrogen and oxygen atoms in total. The van der Waals surface area contributed by atoms with Crippen molar-refractivity contribution in [2.75, 3.05) is 11.9 Å². The highest BCUT2D eigenvalue weighted by Crippen LogP contribution is 2.27. The maximum atomic E-state index is 12.3. The predicted octanol–water partition coefficient (Wildman–Crippen LogP) is 4.29. The van der Waals surface area contributed by atoms with E-state index < -0.39 is 0 Å². The van der Waals surface area contributed by atoms with Gasteiger partial charge in [0.1, 0.15) is 5.75 Å². The average molecular weight is 412 g/mol. The zero-order valence-electron chi connectivity index (χ0n) is 16.7. The highest BCUT2D eigenvalue weighted by atomic mass is 32.1. The lowest BCUT2D eigenvalue weighted by atomic mass is 10.1. The van der Waals surface area contributed by atoms with Crippen LogP contribution >= 0.6 is 11.3 Å². The Morgan fingerprint density at radius 3 is 2.72 bits per heavy atom. The van der Waals surface area contributed by atoms with Crippen molar-refractivity contribution in [3.63, 3.8) is 0 Å². The number of thiazole rings is 1. The fourth-order valence-electron chi connectivity index (χ4n) is 2.87. The van der Waals surface area contributed by atoms with E-state index in [-0.39, 0.29) is 11.8 Å². The highest BCUT2D eigenvalue weighted by molar-refractivity contribution is 7.22. The van der Waals surface area contributed by atoms with E-state index in [0.717, 1.165) is 27.1 Å². The van der Waals surface area contributed by atoms with Gasteiger partial charge in [-0.1, -0.05) is 42.5 Å². The van der Waals surface area contributed by atoms with Crippen LogP contribution in [-0.4, -0.2) is 23.4 Å². The zero-order valence-corrected chi connectivity index (χ0v) is 17.5. The molecule has 2 N–H and O–H groups in total. The van der Waals surface area contributed by atoms with Crippen molar-refractivity contribution in [3.8, 4) is 5.75 Å². The number of amides is 2. The Morgan fingerprint density at radius 2 is 1.93 bits per heavy atom.